The van der Waals surface area contributed by atoms with E-state index in [0.29, 0.717) is 5.92 Å². The molecule has 0 aromatic carbocycles. The van der Waals surface area contributed by atoms with Gasteiger partial charge >= 0.3 is 0 Å². The summed E-state index contributed by atoms with van der Waals surface area (Å²) in [6.07, 6.45) is 107. The van der Waals surface area contributed by atoms with Crippen molar-refractivity contribution in [2.24, 2.45) is 28.1 Å². The second-order valence-corrected chi connectivity index (χ2v) is 26.9. The van der Waals surface area contributed by atoms with E-state index in [9.17, 15) is 0 Å². The number of hydrogen-bond donors (Lipinski definition) is 0. The first-order valence-electron chi connectivity index (χ1n) is 38.5. The van der Waals surface area contributed by atoms with Crippen LogP contribution in [0.1, 0.15) is 379 Å². The summed E-state index contributed by atoms with van der Waals surface area (Å²) < 4.78 is 0. The van der Waals surface area contributed by atoms with Crippen molar-refractivity contribution < 1.29 is 0 Å². The van der Waals surface area contributed by atoms with Crippen molar-refractivity contribution in [3.63, 3.8) is 0 Å². The molecule has 0 aliphatic carbocycles. The van der Waals surface area contributed by atoms with Gasteiger partial charge in [-0.15, -0.1) is 0 Å². The zero-order valence-corrected chi connectivity index (χ0v) is 61.3. The Bertz CT molecular complexity index is 1940. The van der Waals surface area contributed by atoms with Gasteiger partial charge in [-0.25, -0.2) is 0 Å². The standard InChI is InChI=1S/C87H152/c1-15-26-36-46-50-52-59-69-81(68-58-51-47-37-27-16-2)83(70-60-53-48-38-28-17-3)84(71-61-54-49-39-29-18-4)86(74-64-55-40-30-19-5,75-65-56-41-31-20-6)87(76-66-45-35-24-10,77-67-57-42-32-21-7)85(72-62-43-33-22-8,73-63-44-34-23-9)82(25-11)78-80(14)79(12)13/h35,40,43,45,47,51,53,55-56,59-63,65,67,69,71,73,77,82,84H,15-34,36-39,41-42,44,46,48-50,52,54,57-58,64,66,68,70,72,74-76,78H2,1-14H3/b45-35?,51-47?,55-40?,60-53?,62-43?,65-56?,69-59+,71-61+,73-63?,77-67?,83-81-. The number of unbranched alkanes of at least 4 members (excludes halogenated alkanes) is 23. The van der Waals surface area contributed by atoms with E-state index in [4.69, 9.17) is 0 Å². The molecule has 0 N–H and O–H groups in total. The second kappa shape index (κ2) is 59.2. The molecule has 0 spiro atoms. The molecule has 0 radical (unpaired) electrons. The fourth-order valence-electron chi connectivity index (χ4n) is 13.9. The van der Waals surface area contributed by atoms with Crippen LogP contribution in [0.15, 0.2) is 144 Å². The predicted molar refractivity (Wildman–Crippen MR) is 402 cm³/mol. The quantitative estimate of drug-likeness (QED) is 0.0323. The molecular formula is C87H152. The van der Waals surface area contributed by atoms with Crippen molar-refractivity contribution in [1.82, 2.24) is 0 Å². The Morgan fingerprint density at radius 2 is 0.805 bits per heavy atom. The molecular weight excluding hydrogens is 1040 g/mol. The molecule has 87 heavy (non-hydrogen) atoms. The average Bonchev–Trinajstić information content (AvgIpc) is 0.716. The molecule has 0 aliphatic heterocycles. The van der Waals surface area contributed by atoms with Crippen molar-refractivity contribution >= 4 is 0 Å². The fourth-order valence-corrected chi connectivity index (χ4v) is 13.9. The van der Waals surface area contributed by atoms with Gasteiger partial charge in [0, 0.05) is 16.7 Å². The van der Waals surface area contributed by atoms with Crippen LogP contribution in [0, 0.1) is 28.1 Å². The van der Waals surface area contributed by atoms with E-state index in [1.807, 2.05) is 0 Å². The average molecular weight is 1200 g/mol. The van der Waals surface area contributed by atoms with E-state index in [0.717, 1.165) is 122 Å². The minimum atomic E-state index is -0.263. The number of hydrogen-bond acceptors (Lipinski definition) is 0. The smallest absolute Gasteiger partial charge is 0.00539 e. The lowest BCUT2D eigenvalue weighted by Crippen LogP contribution is -2.58. The van der Waals surface area contributed by atoms with E-state index in [-0.39, 0.29) is 22.2 Å². The SMILES string of the molecule is CCC=CCCC(C=CCCCCC)(C(C=CCCCC)(CC=CCCC)C(CC)CC(C)=C(C)C)C(CC=CCCCC)(CCC=CCCC)C(/C=C/CCCCCC)/C(CC=CCCCCC)=C(\C=C\CCCCCCC)CCC=CCCCC. The molecule has 5 atom stereocenters. The molecule has 0 saturated carbocycles. The first kappa shape index (κ1) is 83.9. The summed E-state index contributed by atoms with van der Waals surface area (Å²) in [6.45, 7) is 33.6. The van der Waals surface area contributed by atoms with Gasteiger partial charge in [0.05, 0.1) is 0 Å². The monoisotopic (exact) mass is 1200 g/mol. The molecule has 0 heteroatoms. The minimum Gasteiger partial charge on any atom is -0.0888 e. The van der Waals surface area contributed by atoms with Crippen LogP contribution in [0.4, 0.5) is 0 Å². The Hall–Kier alpha value is -3.12. The van der Waals surface area contributed by atoms with E-state index < -0.39 is 0 Å². The van der Waals surface area contributed by atoms with Crippen LogP contribution in [0.5, 0.6) is 0 Å². The Balaban J connectivity index is 11.1. The third-order valence-electron chi connectivity index (χ3n) is 19.5. The van der Waals surface area contributed by atoms with Crippen molar-refractivity contribution in [1.29, 1.82) is 0 Å². The highest BCUT2D eigenvalue weighted by Crippen LogP contribution is 2.70. The highest BCUT2D eigenvalue weighted by Gasteiger charge is 2.63. The molecule has 0 aromatic rings. The Morgan fingerprint density at radius 1 is 0.356 bits per heavy atom. The van der Waals surface area contributed by atoms with E-state index in [1.165, 1.54) is 166 Å². The van der Waals surface area contributed by atoms with Gasteiger partial charge in [-0.2, -0.15) is 0 Å². The lowest BCUT2D eigenvalue weighted by molar-refractivity contribution is -0.0849. The summed E-state index contributed by atoms with van der Waals surface area (Å²) in [7, 11) is 0. The lowest BCUT2D eigenvalue weighted by atomic mass is 9.39. The Labute approximate surface area is 548 Å². The molecule has 0 nitrogen and oxygen atoms in total. The van der Waals surface area contributed by atoms with Gasteiger partial charge in [0.1, 0.15) is 0 Å². The zero-order valence-electron chi connectivity index (χ0n) is 61.3. The maximum Gasteiger partial charge on any atom is 0.00539 e. The fraction of sp³-hybridized carbons (Fsp3) is 0.724. The Kier molecular flexibility index (Phi) is 57.1. The summed E-state index contributed by atoms with van der Waals surface area (Å²) in [6, 6.07) is 0. The Morgan fingerprint density at radius 3 is 1.41 bits per heavy atom. The lowest BCUT2D eigenvalue weighted by Gasteiger charge is -2.64. The van der Waals surface area contributed by atoms with Crippen LogP contribution >= 0.6 is 0 Å². The molecule has 0 heterocycles. The molecule has 5 unspecified atom stereocenters. The van der Waals surface area contributed by atoms with Crippen molar-refractivity contribution in [3.05, 3.63) is 144 Å². The third-order valence-corrected chi connectivity index (χ3v) is 19.5. The minimum absolute atomic E-state index is 0.201. The normalized spacial score (nSPS) is 16.0. The summed E-state index contributed by atoms with van der Waals surface area (Å²) in [4.78, 5) is 0. The van der Waals surface area contributed by atoms with Gasteiger partial charge in [-0.3, -0.25) is 0 Å². The maximum absolute atomic E-state index is 3.05. The maximum atomic E-state index is 3.05. The summed E-state index contributed by atoms with van der Waals surface area (Å²) in [5.41, 5.74) is 5.78. The van der Waals surface area contributed by atoms with Gasteiger partial charge in [0.2, 0.25) is 0 Å². The van der Waals surface area contributed by atoms with Gasteiger partial charge in [0.25, 0.3) is 0 Å². The van der Waals surface area contributed by atoms with Crippen molar-refractivity contribution in [3.8, 4) is 0 Å². The third kappa shape index (κ3) is 35.9. The molecule has 0 rings (SSSR count). The summed E-state index contributed by atoms with van der Waals surface area (Å²) in [5, 5.41) is 0. The van der Waals surface area contributed by atoms with Crippen molar-refractivity contribution in [2.75, 3.05) is 0 Å². The molecule has 0 saturated heterocycles. The molecule has 0 amide bonds. The highest BCUT2D eigenvalue weighted by molar-refractivity contribution is 5.39. The van der Waals surface area contributed by atoms with Gasteiger partial charge in [0.15, 0.2) is 0 Å². The second-order valence-electron chi connectivity index (χ2n) is 26.9. The summed E-state index contributed by atoms with van der Waals surface area (Å²) in [5.74, 6) is 0.629. The van der Waals surface area contributed by atoms with Crippen molar-refractivity contribution in [2.45, 2.75) is 379 Å². The number of allylic oxidation sites excluding steroid dienone is 24. The van der Waals surface area contributed by atoms with Gasteiger partial charge in [-0.05, 0) is 192 Å². The van der Waals surface area contributed by atoms with Crippen LogP contribution < -0.4 is 0 Å². The zero-order chi connectivity index (χ0) is 64.2. The molecule has 0 aromatic heterocycles. The van der Waals surface area contributed by atoms with Gasteiger partial charge < -0.3 is 0 Å². The topological polar surface area (TPSA) is 0 Å². The number of rotatable bonds is 60. The van der Waals surface area contributed by atoms with Crippen LogP contribution in [0.25, 0.3) is 0 Å². The van der Waals surface area contributed by atoms with Crippen LogP contribution in [-0.2, 0) is 0 Å². The van der Waals surface area contributed by atoms with Crippen LogP contribution in [0.3, 0.4) is 0 Å². The van der Waals surface area contributed by atoms with Crippen LogP contribution in [0.2, 0.25) is 0 Å². The van der Waals surface area contributed by atoms with E-state index in [1.54, 1.807) is 16.7 Å². The van der Waals surface area contributed by atoms with Gasteiger partial charge in [-0.1, -0.05) is 343 Å². The van der Waals surface area contributed by atoms with E-state index in [2.05, 4.69) is 218 Å². The van der Waals surface area contributed by atoms with E-state index >= 15 is 0 Å². The summed E-state index contributed by atoms with van der Waals surface area (Å²) >= 11 is 0. The molecule has 500 valence electrons. The predicted octanol–water partition coefficient (Wildman–Crippen LogP) is 30.8. The first-order valence-corrected chi connectivity index (χ1v) is 38.5. The highest BCUT2D eigenvalue weighted by atomic mass is 14.7. The molecule has 0 bridgehead atoms. The first-order chi connectivity index (χ1) is 42.6. The van der Waals surface area contributed by atoms with Crippen LogP contribution in [-0.4, -0.2) is 0 Å². The largest absolute Gasteiger partial charge is 0.0888 e. The molecule has 0 aliphatic rings. The molecule has 0 fully saturated rings.